The van der Waals surface area contributed by atoms with Crippen LogP contribution in [0, 0.1) is 0 Å². The third kappa shape index (κ3) is 3.61. The van der Waals surface area contributed by atoms with E-state index in [2.05, 4.69) is 15.0 Å². The van der Waals surface area contributed by atoms with Crippen LogP contribution in [0.25, 0.3) is 5.82 Å². The van der Waals surface area contributed by atoms with Crippen LogP contribution in [0.15, 0.2) is 43.1 Å². The minimum absolute atomic E-state index is 0.0681. The van der Waals surface area contributed by atoms with Gasteiger partial charge in [-0.3, -0.25) is 14.3 Å². The van der Waals surface area contributed by atoms with Crippen LogP contribution in [0.2, 0.25) is 5.02 Å². The summed E-state index contributed by atoms with van der Waals surface area (Å²) in [5, 5.41) is 9.02. The summed E-state index contributed by atoms with van der Waals surface area (Å²) in [5.41, 5.74) is -0.982. The first-order valence-electron chi connectivity index (χ1n) is 8.92. The van der Waals surface area contributed by atoms with E-state index in [9.17, 15) is 27.9 Å². The largest absolute Gasteiger partial charge is 0.479 e. The molecule has 1 atom stereocenters. The van der Waals surface area contributed by atoms with Crippen molar-refractivity contribution >= 4 is 23.5 Å². The summed E-state index contributed by atoms with van der Waals surface area (Å²) in [6, 6.07) is 1.44. The molecule has 1 aliphatic heterocycles. The lowest BCUT2D eigenvalue weighted by Crippen LogP contribution is -2.44. The van der Waals surface area contributed by atoms with Gasteiger partial charge in [0, 0.05) is 25.4 Å². The van der Waals surface area contributed by atoms with E-state index in [0.717, 1.165) is 23.1 Å². The number of imidazole rings is 1. The average Bonchev–Trinajstić information content (AvgIpc) is 3.16. The Morgan fingerprint density at radius 2 is 1.97 bits per heavy atom. The van der Waals surface area contributed by atoms with Gasteiger partial charge >= 0.3 is 12.1 Å². The number of aliphatic carboxylic acids is 1. The Morgan fingerprint density at radius 3 is 2.61 bits per heavy atom. The number of rotatable bonds is 3. The highest BCUT2D eigenvalue weighted by Crippen LogP contribution is 2.38. The standard InChI is InChI=1S/C19H13ClF3N5O3/c20-14-10(2-1-3-11(14)19(21,22)23)17(29)27-7-4-12-15(16(27)18(30)31)26-9-28(12)13-8-24-5-6-25-13/h1-3,5-6,8-9,16H,4,7H2,(H,30,31). The van der Waals surface area contributed by atoms with Crippen LogP contribution in [-0.4, -0.2) is 47.9 Å². The number of hydrogen-bond donors (Lipinski definition) is 1. The molecule has 0 aliphatic carbocycles. The molecule has 31 heavy (non-hydrogen) atoms. The first-order chi connectivity index (χ1) is 14.7. The molecule has 0 fully saturated rings. The second-order valence-corrected chi connectivity index (χ2v) is 7.04. The predicted octanol–water partition coefficient (Wildman–Crippen LogP) is 3.16. The maximum absolute atomic E-state index is 13.2. The first kappa shape index (κ1) is 20.8. The van der Waals surface area contributed by atoms with Crippen molar-refractivity contribution in [2.45, 2.75) is 18.6 Å². The van der Waals surface area contributed by atoms with E-state index in [0.29, 0.717) is 11.5 Å². The highest BCUT2D eigenvalue weighted by atomic mass is 35.5. The number of carboxylic acid groups (broad SMARTS) is 1. The molecule has 0 bridgehead atoms. The fraction of sp³-hybridized carbons (Fsp3) is 0.211. The number of benzene rings is 1. The molecule has 0 spiro atoms. The van der Waals surface area contributed by atoms with Gasteiger partial charge in [0.2, 0.25) is 0 Å². The van der Waals surface area contributed by atoms with E-state index < -0.39 is 40.2 Å². The van der Waals surface area contributed by atoms with E-state index in [1.807, 2.05) is 0 Å². The molecule has 1 N–H and O–H groups in total. The molecular formula is C19H13ClF3N5O3. The van der Waals surface area contributed by atoms with E-state index in [-0.39, 0.29) is 18.7 Å². The first-order valence-corrected chi connectivity index (χ1v) is 9.30. The molecule has 3 heterocycles. The van der Waals surface area contributed by atoms with Gasteiger partial charge in [0.25, 0.3) is 5.91 Å². The molecule has 0 saturated carbocycles. The number of carboxylic acids is 1. The van der Waals surface area contributed by atoms with Crippen LogP contribution in [0.5, 0.6) is 0 Å². The fourth-order valence-corrected chi connectivity index (χ4v) is 3.83. The molecule has 3 aromatic rings. The average molecular weight is 452 g/mol. The molecule has 0 saturated heterocycles. The summed E-state index contributed by atoms with van der Waals surface area (Å²) >= 11 is 5.87. The summed E-state index contributed by atoms with van der Waals surface area (Å²) in [7, 11) is 0. The van der Waals surface area contributed by atoms with Gasteiger partial charge in [0.1, 0.15) is 6.33 Å². The minimum Gasteiger partial charge on any atom is -0.479 e. The maximum atomic E-state index is 13.2. The van der Waals surface area contributed by atoms with E-state index in [1.165, 1.54) is 24.9 Å². The Labute approximate surface area is 177 Å². The molecule has 0 radical (unpaired) electrons. The number of aromatic nitrogens is 4. The Balaban J connectivity index is 1.75. The van der Waals surface area contributed by atoms with Gasteiger partial charge in [-0.25, -0.2) is 14.8 Å². The van der Waals surface area contributed by atoms with Gasteiger partial charge < -0.3 is 10.0 Å². The quantitative estimate of drug-likeness (QED) is 0.656. The number of carbonyl (C=O) groups excluding carboxylic acids is 1. The van der Waals surface area contributed by atoms with E-state index in [4.69, 9.17) is 11.6 Å². The maximum Gasteiger partial charge on any atom is 0.417 e. The third-order valence-corrected chi connectivity index (χ3v) is 5.29. The zero-order chi connectivity index (χ0) is 22.3. The summed E-state index contributed by atoms with van der Waals surface area (Å²) < 4.78 is 41.1. The van der Waals surface area contributed by atoms with Gasteiger partial charge in [0.15, 0.2) is 11.9 Å². The van der Waals surface area contributed by atoms with Crippen molar-refractivity contribution in [3.63, 3.8) is 0 Å². The molecule has 4 rings (SSSR count). The van der Waals surface area contributed by atoms with Gasteiger partial charge in [0.05, 0.1) is 33.7 Å². The Kier molecular flexibility index (Phi) is 5.13. The van der Waals surface area contributed by atoms with Crippen molar-refractivity contribution in [2.75, 3.05) is 6.54 Å². The molecule has 2 aromatic heterocycles. The number of alkyl halides is 3. The number of fused-ring (bicyclic) bond motifs is 1. The van der Waals surface area contributed by atoms with Crippen LogP contribution in [0.3, 0.4) is 0 Å². The lowest BCUT2D eigenvalue weighted by Gasteiger charge is -2.33. The van der Waals surface area contributed by atoms with Crippen LogP contribution < -0.4 is 0 Å². The van der Waals surface area contributed by atoms with Crippen molar-refractivity contribution in [3.05, 3.63) is 70.7 Å². The molecule has 1 aromatic carbocycles. The Bertz CT molecular complexity index is 1170. The second kappa shape index (κ2) is 7.65. The highest BCUT2D eigenvalue weighted by molar-refractivity contribution is 6.34. The highest BCUT2D eigenvalue weighted by Gasteiger charge is 2.41. The van der Waals surface area contributed by atoms with Crippen LogP contribution in [0.1, 0.15) is 33.4 Å². The monoisotopic (exact) mass is 451 g/mol. The lowest BCUT2D eigenvalue weighted by atomic mass is 10.00. The number of halogens is 4. The van der Waals surface area contributed by atoms with Gasteiger partial charge in [-0.05, 0) is 12.1 Å². The zero-order valence-electron chi connectivity index (χ0n) is 15.5. The van der Waals surface area contributed by atoms with Crippen molar-refractivity contribution < 1.29 is 27.9 Å². The number of nitrogens with zero attached hydrogens (tertiary/aromatic N) is 5. The molecular weight excluding hydrogens is 439 g/mol. The number of carbonyl (C=O) groups is 2. The number of amides is 1. The van der Waals surface area contributed by atoms with Gasteiger partial charge in [-0.15, -0.1) is 0 Å². The molecule has 160 valence electrons. The van der Waals surface area contributed by atoms with Crippen molar-refractivity contribution in [1.29, 1.82) is 0 Å². The molecule has 1 aliphatic rings. The minimum atomic E-state index is -4.76. The topological polar surface area (TPSA) is 101 Å². The second-order valence-electron chi connectivity index (χ2n) is 6.66. The third-order valence-electron chi connectivity index (χ3n) is 4.88. The van der Waals surface area contributed by atoms with E-state index in [1.54, 1.807) is 4.57 Å². The van der Waals surface area contributed by atoms with Crippen LogP contribution >= 0.6 is 11.6 Å². The summed E-state index contributed by atoms with van der Waals surface area (Å²) in [4.78, 5) is 38.3. The van der Waals surface area contributed by atoms with Crippen molar-refractivity contribution in [1.82, 2.24) is 24.4 Å². The Hall–Kier alpha value is -3.47. The SMILES string of the molecule is O=C(O)C1c2ncn(-c3cnccn3)c2CCN1C(=O)c1cccc(C(F)(F)F)c1Cl. The van der Waals surface area contributed by atoms with Crippen LogP contribution in [-0.2, 0) is 17.4 Å². The van der Waals surface area contributed by atoms with Gasteiger partial charge in [-0.2, -0.15) is 13.2 Å². The zero-order valence-corrected chi connectivity index (χ0v) is 16.3. The number of hydrogen-bond acceptors (Lipinski definition) is 5. The summed E-state index contributed by atoms with van der Waals surface area (Å²) in [5.74, 6) is -1.88. The summed E-state index contributed by atoms with van der Waals surface area (Å²) in [6.45, 7) is -0.0681. The molecule has 1 amide bonds. The van der Waals surface area contributed by atoms with Gasteiger partial charge in [-0.1, -0.05) is 17.7 Å². The Morgan fingerprint density at radius 1 is 1.19 bits per heavy atom. The smallest absolute Gasteiger partial charge is 0.417 e. The van der Waals surface area contributed by atoms with E-state index >= 15 is 0 Å². The normalized spacial score (nSPS) is 16.1. The summed E-state index contributed by atoms with van der Waals surface area (Å²) in [6.07, 6.45) is 1.23. The molecule has 8 nitrogen and oxygen atoms in total. The molecule has 1 unspecified atom stereocenters. The molecule has 12 heteroatoms. The predicted molar refractivity (Wildman–Crippen MR) is 101 cm³/mol. The fourth-order valence-electron chi connectivity index (χ4n) is 3.52. The van der Waals surface area contributed by atoms with Crippen molar-refractivity contribution in [3.8, 4) is 5.82 Å². The lowest BCUT2D eigenvalue weighted by molar-refractivity contribution is -0.143. The van der Waals surface area contributed by atoms with Crippen molar-refractivity contribution in [2.24, 2.45) is 0 Å². The van der Waals surface area contributed by atoms with Crippen LogP contribution in [0.4, 0.5) is 13.2 Å².